The normalized spacial score (nSPS) is 18.2. The fraction of sp³-hybridized carbons (Fsp3) is 0.867. The van der Waals surface area contributed by atoms with Crippen LogP contribution < -0.4 is 11.1 Å². The van der Waals surface area contributed by atoms with Crippen LogP contribution in [0.2, 0.25) is 0 Å². The Labute approximate surface area is 133 Å². The Morgan fingerprint density at radius 2 is 1.90 bits per heavy atom. The fourth-order valence-corrected chi connectivity index (χ4v) is 2.79. The monoisotopic (exact) mass is 320 g/mol. The maximum absolute atomic E-state index is 12.0. The number of carbonyl (C=O) groups excluding carboxylic acids is 2. The molecule has 0 aliphatic heterocycles. The number of amides is 1. The molecule has 0 heterocycles. The lowest BCUT2D eigenvalue weighted by molar-refractivity contribution is -0.147. The molecule has 0 spiro atoms. The van der Waals surface area contributed by atoms with Gasteiger partial charge in [-0.2, -0.15) is 0 Å². The Kier molecular flexibility index (Phi) is 9.62. The quantitative estimate of drug-likeness (QED) is 0.703. The van der Waals surface area contributed by atoms with Crippen molar-refractivity contribution in [2.75, 3.05) is 19.7 Å². The summed E-state index contributed by atoms with van der Waals surface area (Å²) in [7, 11) is 0. The first kappa shape index (κ1) is 20.2. The lowest BCUT2D eigenvalue weighted by atomic mass is 9.71. The van der Waals surface area contributed by atoms with Crippen LogP contribution in [-0.2, 0) is 14.3 Å². The number of ether oxygens (including phenoxy) is 1. The van der Waals surface area contributed by atoms with E-state index in [0.29, 0.717) is 26.1 Å². The van der Waals surface area contributed by atoms with E-state index in [4.69, 9.17) is 10.5 Å². The molecule has 3 N–H and O–H groups in total. The van der Waals surface area contributed by atoms with Crippen LogP contribution in [-0.4, -0.2) is 31.6 Å². The number of nitrogens with two attached hydrogens (primary N) is 1. The van der Waals surface area contributed by atoms with Crippen LogP contribution in [0.4, 0.5) is 0 Å². The lowest BCUT2D eigenvalue weighted by Gasteiger charge is -2.35. The largest absolute Gasteiger partial charge is 0.466 e. The molecule has 0 saturated heterocycles. The molecule has 6 heteroatoms. The molecular formula is C15H29ClN2O3. The molecule has 124 valence electrons. The first-order valence-electron chi connectivity index (χ1n) is 7.66. The maximum atomic E-state index is 12.0. The Hall–Kier alpha value is -0.810. The molecule has 0 aromatic carbocycles. The Morgan fingerprint density at radius 1 is 1.29 bits per heavy atom. The van der Waals surface area contributed by atoms with E-state index in [1.807, 2.05) is 0 Å². The molecule has 1 saturated carbocycles. The lowest BCUT2D eigenvalue weighted by Crippen LogP contribution is -2.40. The third kappa shape index (κ3) is 6.66. The zero-order valence-corrected chi connectivity index (χ0v) is 14.0. The van der Waals surface area contributed by atoms with Crippen molar-refractivity contribution in [2.45, 2.75) is 52.4 Å². The minimum Gasteiger partial charge on any atom is -0.466 e. The minimum absolute atomic E-state index is 0. The van der Waals surface area contributed by atoms with Crippen molar-refractivity contribution in [1.29, 1.82) is 0 Å². The van der Waals surface area contributed by atoms with Gasteiger partial charge in [-0.1, -0.05) is 26.2 Å². The van der Waals surface area contributed by atoms with Crippen molar-refractivity contribution in [2.24, 2.45) is 17.1 Å². The molecule has 1 aliphatic carbocycles. The summed E-state index contributed by atoms with van der Waals surface area (Å²) in [6, 6.07) is 0. The molecule has 0 aromatic heterocycles. The van der Waals surface area contributed by atoms with Gasteiger partial charge < -0.3 is 15.8 Å². The first-order chi connectivity index (χ1) is 9.53. The van der Waals surface area contributed by atoms with Crippen LogP contribution in [0.25, 0.3) is 0 Å². The standard InChI is InChI=1S/C15H28N2O3.ClH/c1-3-20-14(19)12(2)10-17-13(18)9-15(11-16)7-5-4-6-8-15;/h12H,3-11,16H2,1-2H3,(H,17,18);1H. The van der Waals surface area contributed by atoms with E-state index in [2.05, 4.69) is 5.32 Å². The fourth-order valence-electron chi connectivity index (χ4n) is 2.79. The topological polar surface area (TPSA) is 81.4 Å². The number of nitrogens with one attached hydrogen (secondary N) is 1. The van der Waals surface area contributed by atoms with Gasteiger partial charge >= 0.3 is 5.97 Å². The molecule has 5 nitrogen and oxygen atoms in total. The van der Waals surface area contributed by atoms with Gasteiger partial charge in [0.25, 0.3) is 0 Å². The van der Waals surface area contributed by atoms with Gasteiger partial charge in [-0.3, -0.25) is 9.59 Å². The van der Waals surface area contributed by atoms with E-state index in [1.165, 1.54) is 6.42 Å². The SMILES string of the molecule is CCOC(=O)C(C)CNC(=O)CC1(CN)CCCCC1.Cl. The van der Waals surface area contributed by atoms with Crippen molar-refractivity contribution >= 4 is 24.3 Å². The molecule has 1 atom stereocenters. The number of hydrogen-bond donors (Lipinski definition) is 2. The van der Waals surface area contributed by atoms with E-state index in [9.17, 15) is 9.59 Å². The van der Waals surface area contributed by atoms with E-state index >= 15 is 0 Å². The van der Waals surface area contributed by atoms with Gasteiger partial charge in [-0.25, -0.2) is 0 Å². The Bertz CT molecular complexity index is 331. The van der Waals surface area contributed by atoms with Crippen molar-refractivity contribution < 1.29 is 14.3 Å². The second-order valence-corrected chi connectivity index (χ2v) is 5.90. The zero-order chi connectivity index (χ0) is 15.0. The van der Waals surface area contributed by atoms with Gasteiger partial charge in [-0.15, -0.1) is 12.4 Å². The maximum Gasteiger partial charge on any atom is 0.310 e. The van der Waals surface area contributed by atoms with Crippen molar-refractivity contribution in [3.8, 4) is 0 Å². The summed E-state index contributed by atoms with van der Waals surface area (Å²) >= 11 is 0. The van der Waals surface area contributed by atoms with Crippen LogP contribution in [0.15, 0.2) is 0 Å². The van der Waals surface area contributed by atoms with E-state index in [-0.39, 0.29) is 35.6 Å². The molecule has 0 radical (unpaired) electrons. The molecule has 0 bridgehead atoms. The van der Waals surface area contributed by atoms with E-state index in [1.54, 1.807) is 13.8 Å². The highest BCUT2D eigenvalue weighted by Gasteiger charge is 2.33. The smallest absolute Gasteiger partial charge is 0.310 e. The minimum atomic E-state index is -0.306. The molecule has 0 aromatic rings. The summed E-state index contributed by atoms with van der Waals surface area (Å²) in [5, 5.41) is 2.83. The van der Waals surface area contributed by atoms with Crippen LogP contribution in [0, 0.1) is 11.3 Å². The van der Waals surface area contributed by atoms with Gasteiger partial charge in [0.2, 0.25) is 5.91 Å². The van der Waals surface area contributed by atoms with E-state index in [0.717, 1.165) is 25.7 Å². The molecule has 1 aliphatic rings. The summed E-state index contributed by atoms with van der Waals surface area (Å²) in [4.78, 5) is 23.5. The van der Waals surface area contributed by atoms with Gasteiger partial charge in [0.05, 0.1) is 12.5 Å². The second-order valence-electron chi connectivity index (χ2n) is 5.90. The second kappa shape index (κ2) is 10.0. The predicted octanol–water partition coefficient (Wildman–Crippen LogP) is 2.02. The van der Waals surface area contributed by atoms with Gasteiger partial charge in [0, 0.05) is 13.0 Å². The van der Waals surface area contributed by atoms with Crippen LogP contribution >= 0.6 is 12.4 Å². The highest BCUT2D eigenvalue weighted by atomic mass is 35.5. The molecule has 1 fully saturated rings. The summed E-state index contributed by atoms with van der Waals surface area (Å²) in [5.74, 6) is -0.577. The highest BCUT2D eigenvalue weighted by molar-refractivity contribution is 5.85. The van der Waals surface area contributed by atoms with Gasteiger partial charge in [0.15, 0.2) is 0 Å². The molecular weight excluding hydrogens is 292 g/mol. The number of carbonyl (C=O) groups is 2. The third-order valence-corrected chi connectivity index (χ3v) is 4.18. The van der Waals surface area contributed by atoms with Crippen molar-refractivity contribution in [1.82, 2.24) is 5.32 Å². The molecule has 1 unspecified atom stereocenters. The third-order valence-electron chi connectivity index (χ3n) is 4.18. The number of esters is 1. The number of halogens is 1. The summed E-state index contributed by atoms with van der Waals surface area (Å²) in [5.41, 5.74) is 5.84. The summed E-state index contributed by atoms with van der Waals surface area (Å²) < 4.78 is 4.92. The first-order valence-corrected chi connectivity index (χ1v) is 7.66. The van der Waals surface area contributed by atoms with Crippen LogP contribution in [0.1, 0.15) is 52.4 Å². The summed E-state index contributed by atoms with van der Waals surface area (Å²) in [6.07, 6.45) is 6.09. The predicted molar refractivity (Wildman–Crippen MR) is 85.2 cm³/mol. The average Bonchev–Trinajstić information content (AvgIpc) is 2.46. The number of rotatable bonds is 7. The van der Waals surface area contributed by atoms with Crippen LogP contribution in [0.3, 0.4) is 0 Å². The molecule has 21 heavy (non-hydrogen) atoms. The highest BCUT2D eigenvalue weighted by Crippen LogP contribution is 2.38. The van der Waals surface area contributed by atoms with Crippen LogP contribution in [0.5, 0.6) is 0 Å². The summed E-state index contributed by atoms with van der Waals surface area (Å²) in [6.45, 7) is 4.80. The zero-order valence-electron chi connectivity index (χ0n) is 13.2. The number of hydrogen-bond acceptors (Lipinski definition) is 4. The van der Waals surface area contributed by atoms with Crippen molar-refractivity contribution in [3.63, 3.8) is 0 Å². The van der Waals surface area contributed by atoms with E-state index < -0.39 is 0 Å². The average molecular weight is 321 g/mol. The van der Waals surface area contributed by atoms with Gasteiger partial charge in [-0.05, 0) is 31.7 Å². The molecule has 1 rings (SSSR count). The molecule has 1 amide bonds. The van der Waals surface area contributed by atoms with Gasteiger partial charge in [0.1, 0.15) is 0 Å². The Balaban J connectivity index is 0.00000400. The Morgan fingerprint density at radius 3 is 2.43 bits per heavy atom. The van der Waals surface area contributed by atoms with Crippen molar-refractivity contribution in [3.05, 3.63) is 0 Å².